The molecule has 0 aliphatic heterocycles. The first-order valence-electron chi connectivity index (χ1n) is 8.36. The molecule has 110 valence electrons. The van der Waals surface area contributed by atoms with E-state index in [0.29, 0.717) is 5.92 Å². The topological polar surface area (TPSA) is 0 Å². The fourth-order valence-corrected chi connectivity index (χ4v) is 2.66. The van der Waals surface area contributed by atoms with Crippen LogP contribution in [-0.2, 0) is 6.42 Å². The first-order chi connectivity index (χ1) is 9.81. The summed E-state index contributed by atoms with van der Waals surface area (Å²) in [6.45, 7) is 4.46. The molecule has 0 aromatic heterocycles. The maximum atomic E-state index is 5.62. The molecule has 0 heteroatoms. The van der Waals surface area contributed by atoms with Crippen LogP contribution >= 0.6 is 0 Å². The third-order valence-corrected chi connectivity index (χ3v) is 3.98. The van der Waals surface area contributed by atoms with Gasteiger partial charge in [-0.25, -0.2) is 0 Å². The SMILES string of the molecule is C#CC(CCC)c1ccc(CCCCCCCC)cc1. The lowest BCUT2D eigenvalue weighted by atomic mass is 9.94. The van der Waals surface area contributed by atoms with E-state index in [9.17, 15) is 0 Å². The van der Waals surface area contributed by atoms with Crippen molar-refractivity contribution in [3.05, 3.63) is 35.4 Å². The number of hydrogen-bond acceptors (Lipinski definition) is 0. The molecule has 0 heterocycles. The Kier molecular flexibility index (Phi) is 8.88. The minimum Gasteiger partial charge on any atom is -0.119 e. The van der Waals surface area contributed by atoms with Crippen LogP contribution in [0.25, 0.3) is 0 Å². The molecule has 0 aliphatic rings. The molecule has 0 radical (unpaired) electrons. The predicted octanol–water partition coefficient (Wildman–Crippen LogP) is 6.11. The number of aryl methyl sites for hydroxylation is 1. The average Bonchev–Trinajstić information content (AvgIpc) is 2.49. The average molecular weight is 270 g/mol. The summed E-state index contributed by atoms with van der Waals surface area (Å²) in [5, 5.41) is 0. The van der Waals surface area contributed by atoms with Gasteiger partial charge < -0.3 is 0 Å². The van der Waals surface area contributed by atoms with Crippen molar-refractivity contribution in [1.82, 2.24) is 0 Å². The largest absolute Gasteiger partial charge is 0.119 e. The van der Waals surface area contributed by atoms with Crippen LogP contribution in [-0.4, -0.2) is 0 Å². The van der Waals surface area contributed by atoms with Crippen molar-refractivity contribution < 1.29 is 0 Å². The zero-order valence-electron chi connectivity index (χ0n) is 13.3. The summed E-state index contributed by atoms with van der Waals surface area (Å²) >= 11 is 0. The third kappa shape index (κ3) is 6.29. The number of benzene rings is 1. The van der Waals surface area contributed by atoms with Crippen LogP contribution in [0.1, 0.15) is 82.3 Å². The summed E-state index contributed by atoms with van der Waals surface area (Å²) in [4.78, 5) is 0. The zero-order valence-corrected chi connectivity index (χ0v) is 13.3. The van der Waals surface area contributed by atoms with Crippen LogP contribution in [0.5, 0.6) is 0 Å². The monoisotopic (exact) mass is 270 g/mol. The fraction of sp³-hybridized carbons (Fsp3) is 0.600. The molecule has 20 heavy (non-hydrogen) atoms. The molecular formula is C20H30. The molecule has 0 aliphatic carbocycles. The first-order valence-corrected chi connectivity index (χ1v) is 8.36. The second kappa shape index (κ2) is 10.6. The highest BCUT2D eigenvalue weighted by molar-refractivity contribution is 5.30. The van der Waals surface area contributed by atoms with E-state index in [1.807, 2.05) is 0 Å². The van der Waals surface area contributed by atoms with Crippen molar-refractivity contribution in [3.63, 3.8) is 0 Å². The Balaban J connectivity index is 2.33. The summed E-state index contributed by atoms with van der Waals surface area (Å²) < 4.78 is 0. The summed E-state index contributed by atoms with van der Waals surface area (Å²) in [6.07, 6.45) is 17.3. The van der Waals surface area contributed by atoms with E-state index >= 15 is 0 Å². The lowest BCUT2D eigenvalue weighted by molar-refractivity contribution is 0.607. The summed E-state index contributed by atoms with van der Waals surface area (Å²) in [7, 11) is 0. The van der Waals surface area contributed by atoms with Gasteiger partial charge in [0.2, 0.25) is 0 Å². The van der Waals surface area contributed by atoms with Crippen LogP contribution in [0, 0.1) is 12.3 Å². The summed E-state index contributed by atoms with van der Waals surface area (Å²) in [5.41, 5.74) is 2.76. The Hall–Kier alpha value is -1.22. The van der Waals surface area contributed by atoms with Gasteiger partial charge in [0.1, 0.15) is 0 Å². The van der Waals surface area contributed by atoms with Gasteiger partial charge in [-0.3, -0.25) is 0 Å². The Labute approximate surface area is 126 Å². The van der Waals surface area contributed by atoms with Gasteiger partial charge in [-0.2, -0.15) is 0 Å². The van der Waals surface area contributed by atoms with E-state index in [-0.39, 0.29) is 0 Å². The summed E-state index contributed by atoms with van der Waals surface area (Å²) in [5.74, 6) is 3.21. The molecule has 1 rings (SSSR count). The third-order valence-electron chi connectivity index (χ3n) is 3.98. The van der Waals surface area contributed by atoms with Crippen LogP contribution in [0.15, 0.2) is 24.3 Å². The minimum absolute atomic E-state index is 0.295. The predicted molar refractivity (Wildman–Crippen MR) is 90.0 cm³/mol. The van der Waals surface area contributed by atoms with E-state index < -0.39 is 0 Å². The molecule has 0 N–H and O–H groups in total. The van der Waals surface area contributed by atoms with Crippen molar-refractivity contribution in [1.29, 1.82) is 0 Å². The van der Waals surface area contributed by atoms with E-state index in [1.165, 1.54) is 56.1 Å². The van der Waals surface area contributed by atoms with Gasteiger partial charge in [0.05, 0.1) is 0 Å². The van der Waals surface area contributed by atoms with Gasteiger partial charge in [0.15, 0.2) is 0 Å². The Morgan fingerprint density at radius 3 is 2.15 bits per heavy atom. The molecule has 0 nitrogen and oxygen atoms in total. The van der Waals surface area contributed by atoms with Gasteiger partial charge in [0.25, 0.3) is 0 Å². The molecule has 0 saturated heterocycles. The van der Waals surface area contributed by atoms with Gasteiger partial charge in [-0.1, -0.05) is 82.6 Å². The van der Waals surface area contributed by atoms with E-state index in [2.05, 4.69) is 44.0 Å². The number of terminal acetylenes is 1. The normalized spacial score (nSPS) is 12.1. The van der Waals surface area contributed by atoms with Gasteiger partial charge in [0, 0.05) is 5.92 Å². The Morgan fingerprint density at radius 2 is 1.55 bits per heavy atom. The van der Waals surface area contributed by atoms with E-state index in [4.69, 9.17) is 6.42 Å². The molecule has 1 unspecified atom stereocenters. The quantitative estimate of drug-likeness (QED) is 0.355. The Bertz CT molecular complexity index is 379. The van der Waals surface area contributed by atoms with Gasteiger partial charge in [-0.15, -0.1) is 6.42 Å². The molecule has 1 aromatic carbocycles. The van der Waals surface area contributed by atoms with Crippen molar-refractivity contribution >= 4 is 0 Å². The molecule has 1 atom stereocenters. The fourth-order valence-electron chi connectivity index (χ4n) is 2.66. The van der Waals surface area contributed by atoms with Crippen molar-refractivity contribution in [2.75, 3.05) is 0 Å². The van der Waals surface area contributed by atoms with Crippen molar-refractivity contribution in [3.8, 4) is 12.3 Å². The van der Waals surface area contributed by atoms with Crippen LogP contribution in [0.2, 0.25) is 0 Å². The number of rotatable bonds is 10. The second-order valence-electron chi connectivity index (χ2n) is 5.77. The maximum absolute atomic E-state index is 5.62. The first kappa shape index (κ1) is 16.8. The lowest BCUT2D eigenvalue weighted by Crippen LogP contribution is -1.95. The molecule has 0 saturated carbocycles. The molecule has 0 fully saturated rings. The van der Waals surface area contributed by atoms with Crippen LogP contribution < -0.4 is 0 Å². The summed E-state index contributed by atoms with van der Waals surface area (Å²) in [6, 6.07) is 8.99. The molecule has 1 aromatic rings. The second-order valence-corrected chi connectivity index (χ2v) is 5.77. The lowest BCUT2D eigenvalue weighted by Gasteiger charge is -2.10. The van der Waals surface area contributed by atoms with Crippen LogP contribution in [0.4, 0.5) is 0 Å². The highest BCUT2D eigenvalue weighted by Crippen LogP contribution is 2.21. The van der Waals surface area contributed by atoms with Crippen LogP contribution in [0.3, 0.4) is 0 Å². The zero-order chi connectivity index (χ0) is 14.6. The highest BCUT2D eigenvalue weighted by atomic mass is 14.1. The highest BCUT2D eigenvalue weighted by Gasteiger charge is 2.06. The van der Waals surface area contributed by atoms with E-state index in [1.54, 1.807) is 0 Å². The van der Waals surface area contributed by atoms with Gasteiger partial charge in [-0.05, 0) is 30.4 Å². The number of hydrogen-bond donors (Lipinski definition) is 0. The maximum Gasteiger partial charge on any atom is 0.0449 e. The number of unbranched alkanes of at least 4 members (excludes halogenated alkanes) is 5. The van der Waals surface area contributed by atoms with Gasteiger partial charge >= 0.3 is 0 Å². The van der Waals surface area contributed by atoms with Crippen molar-refractivity contribution in [2.24, 2.45) is 0 Å². The van der Waals surface area contributed by atoms with E-state index in [0.717, 1.165) is 12.8 Å². The molecular weight excluding hydrogens is 240 g/mol. The Morgan fingerprint density at radius 1 is 0.900 bits per heavy atom. The smallest absolute Gasteiger partial charge is 0.0449 e. The molecule has 0 amide bonds. The minimum atomic E-state index is 0.295. The molecule has 0 spiro atoms. The molecule has 0 bridgehead atoms. The van der Waals surface area contributed by atoms with Crippen molar-refractivity contribution in [2.45, 2.75) is 77.6 Å². The standard InChI is InChI=1S/C20H30/c1-4-7-8-9-10-11-13-18-14-16-20(17-15-18)19(6-3)12-5-2/h3,14-17,19H,4-5,7-13H2,1-2H3.